The minimum absolute atomic E-state index is 0.525. The molecule has 4 heteroatoms. The lowest BCUT2D eigenvalue weighted by Gasteiger charge is -2.05. The van der Waals surface area contributed by atoms with Crippen LogP contribution in [0, 0.1) is 0 Å². The molecule has 1 unspecified atom stereocenters. The van der Waals surface area contributed by atoms with Gasteiger partial charge in [0.05, 0.1) is 0 Å². The fourth-order valence-electron chi connectivity index (χ4n) is 3.16. The molecule has 0 saturated carbocycles. The first-order chi connectivity index (χ1) is 11.6. The summed E-state index contributed by atoms with van der Waals surface area (Å²) in [6.45, 7) is 0. The zero-order valence-electron chi connectivity index (χ0n) is 15.8. The van der Waals surface area contributed by atoms with Gasteiger partial charge in [-0.3, -0.25) is 0 Å². The lowest BCUT2D eigenvalue weighted by Crippen LogP contribution is -2.17. The summed E-state index contributed by atoms with van der Waals surface area (Å²) in [5, 5.41) is 26.4. The smallest absolute Gasteiger partial charge is 0.151 e. The van der Waals surface area contributed by atoms with Gasteiger partial charge in [0, 0.05) is 0 Å². The summed E-state index contributed by atoms with van der Waals surface area (Å²) in [5.41, 5.74) is 5.31. The van der Waals surface area contributed by atoms with E-state index in [2.05, 4.69) is 0 Å². The number of nitrogens with two attached hydrogens (primary N) is 1. The van der Waals surface area contributed by atoms with Crippen LogP contribution in [0.2, 0.25) is 0 Å². The second kappa shape index (κ2) is 19.2. The Kier molecular flexibility index (Phi) is 19.0. The van der Waals surface area contributed by atoms with E-state index < -0.39 is 12.5 Å². The van der Waals surface area contributed by atoms with Gasteiger partial charge in [0.15, 0.2) is 6.29 Å². The largest absolute Gasteiger partial charge is 0.379 e. The lowest BCUT2D eigenvalue weighted by atomic mass is 10.0. The van der Waals surface area contributed by atoms with Crippen molar-refractivity contribution in [2.45, 2.75) is 128 Å². The fraction of sp³-hybridized carbons (Fsp3) is 1.00. The SMILES string of the molecule is NC(O)CCCCCCCCCCCCCCCCCCC(O)O. The standard InChI is InChI=1S/C20H43NO3/c21-19(22)17-15-13-11-9-7-5-3-1-2-4-6-8-10-12-14-16-18-20(23)24/h19-20,22-24H,1-18,21H2. The Hall–Kier alpha value is -0.160. The molecule has 0 heterocycles. The van der Waals surface area contributed by atoms with Crippen LogP contribution in [0.25, 0.3) is 0 Å². The van der Waals surface area contributed by atoms with E-state index in [1.54, 1.807) is 0 Å². The average molecular weight is 346 g/mol. The predicted octanol–water partition coefficient (Wildman–Crippen LogP) is 4.60. The summed E-state index contributed by atoms with van der Waals surface area (Å²) in [7, 11) is 0. The molecule has 0 amide bonds. The molecule has 0 aromatic carbocycles. The van der Waals surface area contributed by atoms with Crippen LogP contribution in [0.1, 0.15) is 116 Å². The summed E-state index contributed by atoms with van der Waals surface area (Å²) in [6, 6.07) is 0. The maximum atomic E-state index is 8.96. The molecule has 146 valence electrons. The van der Waals surface area contributed by atoms with E-state index in [0.29, 0.717) is 6.42 Å². The number of aliphatic hydroxyl groups excluding tert-OH is 2. The highest BCUT2D eigenvalue weighted by molar-refractivity contribution is 4.51. The first-order valence-electron chi connectivity index (χ1n) is 10.4. The molecule has 0 bridgehead atoms. The molecule has 0 spiro atoms. The minimum Gasteiger partial charge on any atom is -0.379 e. The second-order valence-electron chi connectivity index (χ2n) is 7.28. The quantitative estimate of drug-likeness (QED) is 0.204. The Morgan fingerprint density at radius 2 is 0.667 bits per heavy atom. The van der Waals surface area contributed by atoms with E-state index in [9.17, 15) is 0 Å². The van der Waals surface area contributed by atoms with Gasteiger partial charge < -0.3 is 21.1 Å². The van der Waals surface area contributed by atoms with Crippen LogP contribution < -0.4 is 5.73 Å². The highest BCUT2D eigenvalue weighted by Crippen LogP contribution is 2.14. The van der Waals surface area contributed by atoms with Crippen molar-refractivity contribution < 1.29 is 15.3 Å². The number of rotatable bonds is 19. The van der Waals surface area contributed by atoms with Crippen LogP contribution in [0.3, 0.4) is 0 Å². The molecular weight excluding hydrogens is 302 g/mol. The molecule has 1 atom stereocenters. The zero-order valence-corrected chi connectivity index (χ0v) is 15.8. The molecule has 5 N–H and O–H groups in total. The van der Waals surface area contributed by atoms with Crippen molar-refractivity contribution in [3.05, 3.63) is 0 Å². The van der Waals surface area contributed by atoms with Gasteiger partial charge in [-0.15, -0.1) is 0 Å². The first kappa shape index (κ1) is 23.8. The summed E-state index contributed by atoms with van der Waals surface area (Å²) in [4.78, 5) is 0. The monoisotopic (exact) mass is 345 g/mol. The van der Waals surface area contributed by atoms with Crippen LogP contribution in [-0.2, 0) is 0 Å². The number of hydrogen-bond donors (Lipinski definition) is 4. The molecule has 0 saturated heterocycles. The van der Waals surface area contributed by atoms with Crippen LogP contribution in [0.4, 0.5) is 0 Å². The van der Waals surface area contributed by atoms with Gasteiger partial charge in [0.25, 0.3) is 0 Å². The molecule has 0 aliphatic rings. The normalized spacial score (nSPS) is 12.9. The molecular formula is C20H43NO3. The maximum Gasteiger partial charge on any atom is 0.151 e. The van der Waals surface area contributed by atoms with Crippen molar-refractivity contribution in [3.63, 3.8) is 0 Å². The second-order valence-corrected chi connectivity index (χ2v) is 7.28. The van der Waals surface area contributed by atoms with Gasteiger partial charge in [0.2, 0.25) is 0 Å². The summed E-state index contributed by atoms with van der Waals surface area (Å²) < 4.78 is 0. The van der Waals surface area contributed by atoms with Gasteiger partial charge in [-0.2, -0.15) is 0 Å². The average Bonchev–Trinajstić information content (AvgIpc) is 2.53. The maximum absolute atomic E-state index is 8.96. The van der Waals surface area contributed by atoms with E-state index in [4.69, 9.17) is 21.1 Å². The van der Waals surface area contributed by atoms with Gasteiger partial charge in [-0.25, -0.2) is 0 Å². The lowest BCUT2D eigenvalue weighted by molar-refractivity contribution is -0.0466. The molecule has 0 aromatic heterocycles. The predicted molar refractivity (Wildman–Crippen MR) is 102 cm³/mol. The first-order valence-corrected chi connectivity index (χ1v) is 10.4. The molecule has 24 heavy (non-hydrogen) atoms. The number of aliphatic hydroxyl groups is 3. The third kappa shape index (κ3) is 21.8. The van der Waals surface area contributed by atoms with Gasteiger partial charge in [0.1, 0.15) is 6.23 Å². The number of unbranched alkanes of at least 4 members (excludes halogenated alkanes) is 15. The summed E-state index contributed by atoms with van der Waals surface area (Å²) in [6.07, 6.45) is 19.9. The van der Waals surface area contributed by atoms with E-state index >= 15 is 0 Å². The Morgan fingerprint density at radius 1 is 0.417 bits per heavy atom. The summed E-state index contributed by atoms with van der Waals surface area (Å²) in [5.74, 6) is 0. The van der Waals surface area contributed by atoms with Gasteiger partial charge >= 0.3 is 0 Å². The van der Waals surface area contributed by atoms with Crippen LogP contribution in [-0.4, -0.2) is 27.8 Å². The fourth-order valence-corrected chi connectivity index (χ4v) is 3.16. The Bertz CT molecular complexity index is 211. The Morgan fingerprint density at radius 3 is 0.917 bits per heavy atom. The molecule has 0 aliphatic heterocycles. The van der Waals surface area contributed by atoms with Crippen LogP contribution in [0.15, 0.2) is 0 Å². The van der Waals surface area contributed by atoms with E-state index in [0.717, 1.165) is 25.7 Å². The Labute approximate surface area is 149 Å². The van der Waals surface area contributed by atoms with Gasteiger partial charge in [-0.05, 0) is 25.7 Å². The van der Waals surface area contributed by atoms with Gasteiger partial charge in [-0.1, -0.05) is 89.9 Å². The molecule has 0 aliphatic carbocycles. The van der Waals surface area contributed by atoms with Crippen molar-refractivity contribution in [2.75, 3.05) is 0 Å². The van der Waals surface area contributed by atoms with Crippen molar-refractivity contribution >= 4 is 0 Å². The Balaban J connectivity index is 2.98. The molecule has 0 aromatic rings. The van der Waals surface area contributed by atoms with Crippen molar-refractivity contribution in [2.24, 2.45) is 5.73 Å². The van der Waals surface area contributed by atoms with Crippen molar-refractivity contribution in [3.8, 4) is 0 Å². The third-order valence-corrected chi connectivity index (χ3v) is 4.71. The third-order valence-electron chi connectivity index (χ3n) is 4.71. The zero-order chi connectivity index (χ0) is 17.9. The highest BCUT2D eigenvalue weighted by Gasteiger charge is 1.98. The van der Waals surface area contributed by atoms with E-state index in [1.165, 1.54) is 83.5 Å². The van der Waals surface area contributed by atoms with Crippen molar-refractivity contribution in [1.29, 1.82) is 0 Å². The molecule has 0 fully saturated rings. The topological polar surface area (TPSA) is 86.7 Å². The van der Waals surface area contributed by atoms with Crippen LogP contribution >= 0.6 is 0 Å². The van der Waals surface area contributed by atoms with E-state index in [1.807, 2.05) is 0 Å². The highest BCUT2D eigenvalue weighted by atomic mass is 16.5. The molecule has 0 rings (SSSR count). The molecule has 0 radical (unpaired) electrons. The number of hydrogen-bond acceptors (Lipinski definition) is 4. The minimum atomic E-state index is -1.12. The summed E-state index contributed by atoms with van der Waals surface area (Å²) >= 11 is 0. The van der Waals surface area contributed by atoms with E-state index in [-0.39, 0.29) is 0 Å². The van der Waals surface area contributed by atoms with Crippen molar-refractivity contribution in [1.82, 2.24) is 0 Å². The van der Waals surface area contributed by atoms with Crippen LogP contribution in [0.5, 0.6) is 0 Å². The molecule has 4 nitrogen and oxygen atoms in total.